The maximum Gasteiger partial charge on any atom is 0.205 e. The molecule has 0 amide bonds. The molecule has 5 rings (SSSR count). The monoisotopic (exact) mass is 418 g/mol. The lowest BCUT2D eigenvalue weighted by molar-refractivity contribution is 0.177. The molecule has 2 aromatic heterocycles. The van der Waals surface area contributed by atoms with Crippen molar-refractivity contribution in [1.82, 2.24) is 14.7 Å². The Kier molecular flexibility index (Phi) is 4.70. The molecule has 0 spiro atoms. The molecule has 3 unspecified atom stereocenters. The zero-order chi connectivity index (χ0) is 21.7. The number of rotatable bonds is 5. The minimum Gasteiger partial charge on any atom is -0.488 e. The summed E-state index contributed by atoms with van der Waals surface area (Å²) in [6.45, 7) is 8.05. The van der Waals surface area contributed by atoms with Gasteiger partial charge >= 0.3 is 0 Å². The average Bonchev–Trinajstić information content (AvgIpc) is 3.30. The Morgan fingerprint density at radius 1 is 1.13 bits per heavy atom. The summed E-state index contributed by atoms with van der Waals surface area (Å²) in [4.78, 5) is 4.87. The van der Waals surface area contributed by atoms with Gasteiger partial charge in [-0.3, -0.25) is 4.57 Å². The maximum atomic E-state index is 10.1. The molecule has 0 fully saturated rings. The van der Waals surface area contributed by atoms with Crippen molar-refractivity contribution < 1.29 is 14.4 Å². The number of nitrogens with one attached hydrogen (secondary N) is 1. The summed E-state index contributed by atoms with van der Waals surface area (Å²) in [5, 5.41) is 17.6. The molecule has 2 N–H and O–H groups in total. The van der Waals surface area contributed by atoms with Gasteiger partial charge in [-0.05, 0) is 45.4 Å². The van der Waals surface area contributed by atoms with Crippen molar-refractivity contribution in [2.75, 3.05) is 11.9 Å². The third-order valence-corrected chi connectivity index (χ3v) is 6.07. The average molecular weight is 418 g/mol. The predicted octanol–water partition coefficient (Wildman–Crippen LogP) is 4.47. The van der Waals surface area contributed by atoms with E-state index in [2.05, 4.69) is 27.2 Å². The molecule has 7 heteroatoms. The highest BCUT2D eigenvalue weighted by Gasteiger charge is 2.32. The number of imidazole rings is 1. The number of nitrogens with zero attached hydrogens (tertiary/aromatic N) is 3. The normalized spacial score (nSPS) is 17.4. The summed E-state index contributed by atoms with van der Waals surface area (Å²) < 4.78 is 14.0. The summed E-state index contributed by atoms with van der Waals surface area (Å²) in [5.74, 6) is 2.26. The molecule has 0 radical (unpaired) electrons. The minimum absolute atomic E-state index is 0.0395. The molecular formula is C24H26N4O3. The highest BCUT2D eigenvalue weighted by atomic mass is 16.5. The van der Waals surface area contributed by atoms with Crippen LogP contribution in [0.5, 0.6) is 5.75 Å². The van der Waals surface area contributed by atoms with Crippen LogP contribution in [-0.4, -0.2) is 38.6 Å². The van der Waals surface area contributed by atoms with Gasteiger partial charge in [-0.25, -0.2) is 4.98 Å². The van der Waals surface area contributed by atoms with Crippen molar-refractivity contribution in [2.45, 2.75) is 45.9 Å². The molecule has 4 aromatic rings. The van der Waals surface area contributed by atoms with Crippen molar-refractivity contribution in [3.05, 3.63) is 59.5 Å². The first-order chi connectivity index (χ1) is 15.0. The number of hydrogen-bond donors (Lipinski definition) is 2. The summed E-state index contributed by atoms with van der Waals surface area (Å²) in [6.07, 6.45) is -0.514. The van der Waals surface area contributed by atoms with E-state index in [1.54, 1.807) is 6.92 Å². The molecule has 160 valence electrons. The third kappa shape index (κ3) is 3.16. The van der Waals surface area contributed by atoms with Gasteiger partial charge in [0, 0.05) is 5.56 Å². The Morgan fingerprint density at radius 3 is 2.58 bits per heavy atom. The van der Waals surface area contributed by atoms with Gasteiger partial charge in [-0.15, -0.1) is 0 Å². The molecule has 0 saturated carbocycles. The first-order valence-corrected chi connectivity index (χ1v) is 10.6. The number of anilines is 1. The van der Waals surface area contributed by atoms with E-state index >= 15 is 0 Å². The quantitative estimate of drug-likeness (QED) is 0.497. The van der Waals surface area contributed by atoms with E-state index in [-0.39, 0.29) is 12.1 Å². The van der Waals surface area contributed by atoms with Crippen LogP contribution in [0.3, 0.4) is 0 Å². The van der Waals surface area contributed by atoms with Crippen LogP contribution in [0.2, 0.25) is 0 Å². The fourth-order valence-electron chi connectivity index (χ4n) is 4.25. The zero-order valence-corrected chi connectivity index (χ0v) is 18.1. The second-order valence-electron chi connectivity index (χ2n) is 8.23. The Bertz CT molecular complexity index is 1220. The molecule has 0 aliphatic carbocycles. The first-order valence-electron chi connectivity index (χ1n) is 10.6. The van der Waals surface area contributed by atoms with Crippen LogP contribution in [0.1, 0.15) is 36.9 Å². The molecular weight excluding hydrogens is 392 g/mol. The van der Waals surface area contributed by atoms with Gasteiger partial charge in [0.25, 0.3) is 0 Å². The first kappa shape index (κ1) is 19.6. The lowest BCUT2D eigenvalue weighted by Crippen LogP contribution is -2.31. The molecule has 0 saturated heterocycles. The van der Waals surface area contributed by atoms with Gasteiger partial charge in [-0.2, -0.15) is 0 Å². The molecule has 0 bridgehead atoms. The van der Waals surface area contributed by atoms with Gasteiger partial charge in [0.05, 0.1) is 35.0 Å². The molecule has 1 aliphatic heterocycles. The standard InChI is InChI=1S/C24H26N4O3/c1-13(15(3)29)25-24-26-19-11-10-18(21-14(2)27-31-16(21)4)23-22(19)28(24)20(12-30-23)17-8-6-5-7-9-17/h5-11,13,15,20,29H,12H2,1-4H3,(H,25,26). The van der Waals surface area contributed by atoms with E-state index in [1.807, 2.05) is 51.1 Å². The molecule has 1 aliphatic rings. The van der Waals surface area contributed by atoms with Crippen LogP contribution < -0.4 is 10.1 Å². The Morgan fingerprint density at radius 2 is 1.90 bits per heavy atom. The second kappa shape index (κ2) is 7.42. The fourth-order valence-corrected chi connectivity index (χ4v) is 4.25. The third-order valence-electron chi connectivity index (χ3n) is 6.07. The van der Waals surface area contributed by atoms with Crippen LogP contribution >= 0.6 is 0 Å². The van der Waals surface area contributed by atoms with Crippen molar-refractivity contribution in [3.8, 4) is 16.9 Å². The highest BCUT2D eigenvalue weighted by molar-refractivity contribution is 5.94. The van der Waals surface area contributed by atoms with Crippen molar-refractivity contribution in [2.24, 2.45) is 0 Å². The number of aromatic nitrogens is 3. The number of aliphatic hydroxyl groups is 1. The molecule has 7 nitrogen and oxygen atoms in total. The maximum absolute atomic E-state index is 10.1. The highest BCUT2D eigenvalue weighted by Crippen LogP contribution is 2.45. The lowest BCUT2D eigenvalue weighted by atomic mass is 10.00. The largest absolute Gasteiger partial charge is 0.488 e. The molecule has 2 aromatic carbocycles. The van der Waals surface area contributed by atoms with E-state index in [4.69, 9.17) is 14.2 Å². The number of ether oxygens (including phenoxy) is 1. The Labute approximate surface area is 180 Å². The number of hydrogen-bond acceptors (Lipinski definition) is 6. The fraction of sp³-hybridized carbons (Fsp3) is 0.333. The summed E-state index contributed by atoms with van der Waals surface area (Å²) >= 11 is 0. The second-order valence-corrected chi connectivity index (χ2v) is 8.23. The predicted molar refractivity (Wildman–Crippen MR) is 120 cm³/mol. The molecule has 3 atom stereocenters. The number of aliphatic hydroxyl groups excluding tert-OH is 1. The van der Waals surface area contributed by atoms with Crippen LogP contribution in [0.25, 0.3) is 22.2 Å². The zero-order valence-electron chi connectivity index (χ0n) is 18.1. The van der Waals surface area contributed by atoms with Gasteiger partial charge < -0.3 is 19.7 Å². The van der Waals surface area contributed by atoms with Crippen LogP contribution in [0.4, 0.5) is 5.95 Å². The summed E-state index contributed by atoms with van der Waals surface area (Å²) in [5.41, 5.74) is 5.64. The molecule has 31 heavy (non-hydrogen) atoms. The van der Waals surface area contributed by atoms with Gasteiger partial charge in [0.15, 0.2) is 5.75 Å². The van der Waals surface area contributed by atoms with Crippen LogP contribution in [0.15, 0.2) is 47.0 Å². The van der Waals surface area contributed by atoms with Crippen molar-refractivity contribution >= 4 is 17.0 Å². The van der Waals surface area contributed by atoms with Crippen molar-refractivity contribution in [1.29, 1.82) is 0 Å². The Balaban J connectivity index is 1.76. The van der Waals surface area contributed by atoms with E-state index in [0.717, 1.165) is 50.9 Å². The van der Waals surface area contributed by atoms with Gasteiger partial charge in [-0.1, -0.05) is 35.5 Å². The van der Waals surface area contributed by atoms with E-state index < -0.39 is 6.10 Å². The van der Waals surface area contributed by atoms with E-state index in [0.29, 0.717) is 6.61 Å². The van der Waals surface area contributed by atoms with Crippen LogP contribution in [-0.2, 0) is 0 Å². The van der Waals surface area contributed by atoms with Crippen molar-refractivity contribution in [3.63, 3.8) is 0 Å². The SMILES string of the molecule is Cc1noc(C)c1-c1ccc2nc(NC(C)C(C)O)n3c2c1OCC3c1ccccc1. The summed E-state index contributed by atoms with van der Waals surface area (Å²) in [7, 11) is 0. The van der Waals surface area contributed by atoms with Crippen LogP contribution in [0, 0.1) is 13.8 Å². The van der Waals surface area contributed by atoms with E-state index in [9.17, 15) is 5.11 Å². The van der Waals surface area contributed by atoms with E-state index in [1.165, 1.54) is 0 Å². The molecule has 3 heterocycles. The number of aryl methyl sites for hydroxylation is 2. The number of benzene rings is 2. The lowest BCUT2D eigenvalue weighted by Gasteiger charge is -2.29. The Hall–Kier alpha value is -3.32. The van der Waals surface area contributed by atoms with Gasteiger partial charge in [0.1, 0.15) is 17.9 Å². The smallest absolute Gasteiger partial charge is 0.205 e. The minimum atomic E-state index is -0.514. The topological polar surface area (TPSA) is 85.3 Å². The summed E-state index contributed by atoms with van der Waals surface area (Å²) in [6, 6.07) is 14.1. The van der Waals surface area contributed by atoms with Gasteiger partial charge in [0.2, 0.25) is 5.95 Å².